The molecule has 0 fully saturated rings. The third-order valence-electron chi connectivity index (χ3n) is 2.87. The number of hydrogen-bond acceptors (Lipinski definition) is 2. The first kappa shape index (κ1) is 16.2. The predicted octanol–water partition coefficient (Wildman–Crippen LogP) is 5.48. The molecule has 2 rings (SSSR count). The van der Waals surface area contributed by atoms with Gasteiger partial charge in [-0.05, 0) is 36.4 Å². The summed E-state index contributed by atoms with van der Waals surface area (Å²) in [6.45, 7) is 0. The maximum absolute atomic E-state index is 13.4. The second kappa shape index (κ2) is 7.71. The smallest absolute Gasteiger partial charge is 0.162 e. The first-order valence-corrected chi connectivity index (χ1v) is 8.21. The fourth-order valence-corrected chi connectivity index (χ4v) is 2.92. The summed E-state index contributed by atoms with van der Waals surface area (Å²) in [6.07, 6.45) is 1.06. The third-order valence-corrected chi connectivity index (χ3v) is 4.53. The third kappa shape index (κ3) is 4.93. The highest BCUT2D eigenvalue weighted by Gasteiger charge is 2.07. The molecule has 0 atom stereocenters. The second-order valence-electron chi connectivity index (χ2n) is 4.46. The van der Waals surface area contributed by atoms with Crippen molar-refractivity contribution in [1.29, 1.82) is 0 Å². The van der Waals surface area contributed by atoms with Gasteiger partial charge in [-0.3, -0.25) is 4.79 Å². The summed E-state index contributed by atoms with van der Waals surface area (Å²) in [7, 11) is 0. The van der Waals surface area contributed by atoms with E-state index in [1.54, 1.807) is 12.1 Å². The maximum Gasteiger partial charge on any atom is 0.162 e. The molecule has 0 unspecified atom stereocenters. The Morgan fingerprint density at radius 2 is 1.81 bits per heavy atom. The lowest BCUT2D eigenvalue weighted by Gasteiger charge is -2.04. The maximum atomic E-state index is 13.4. The number of carbonyl (C=O) groups is 1. The molecule has 0 saturated carbocycles. The van der Waals surface area contributed by atoms with Crippen molar-refractivity contribution >= 4 is 33.5 Å². The van der Waals surface area contributed by atoms with Gasteiger partial charge in [-0.1, -0.05) is 28.1 Å². The lowest BCUT2D eigenvalue weighted by atomic mass is 10.1. The number of Topliss-reactive ketones (excluding diaryl/α,β-unsaturated/α-hetero) is 1. The largest absolute Gasteiger partial charge is 0.294 e. The van der Waals surface area contributed by atoms with Gasteiger partial charge in [0.05, 0.1) is 0 Å². The van der Waals surface area contributed by atoms with Gasteiger partial charge in [-0.15, -0.1) is 11.8 Å². The molecule has 5 heteroatoms. The molecule has 0 spiro atoms. The standard InChI is InChI=1S/C16H13BrF2OS/c17-12-5-3-11(4-6-12)15(20)2-1-9-21-16-8-7-13(18)10-14(16)19/h3-8,10H,1-2,9H2. The Morgan fingerprint density at radius 1 is 1.10 bits per heavy atom. The Labute approximate surface area is 134 Å². The van der Waals surface area contributed by atoms with E-state index in [-0.39, 0.29) is 5.78 Å². The van der Waals surface area contributed by atoms with Crippen LogP contribution in [0.15, 0.2) is 51.8 Å². The van der Waals surface area contributed by atoms with Gasteiger partial charge < -0.3 is 0 Å². The summed E-state index contributed by atoms with van der Waals surface area (Å²) in [5.41, 5.74) is 0.677. The van der Waals surface area contributed by atoms with Gasteiger partial charge in [-0.2, -0.15) is 0 Å². The SMILES string of the molecule is O=C(CCCSc1ccc(F)cc1F)c1ccc(Br)cc1. The van der Waals surface area contributed by atoms with E-state index in [9.17, 15) is 13.6 Å². The highest BCUT2D eigenvalue weighted by molar-refractivity contribution is 9.10. The second-order valence-corrected chi connectivity index (χ2v) is 6.51. The molecule has 0 bridgehead atoms. The quantitative estimate of drug-likeness (QED) is 0.380. The van der Waals surface area contributed by atoms with Crippen LogP contribution < -0.4 is 0 Å². The van der Waals surface area contributed by atoms with Crippen LogP contribution in [-0.4, -0.2) is 11.5 Å². The van der Waals surface area contributed by atoms with Crippen LogP contribution in [0.5, 0.6) is 0 Å². The number of halogens is 3. The zero-order chi connectivity index (χ0) is 15.2. The van der Waals surface area contributed by atoms with Gasteiger partial charge in [0.25, 0.3) is 0 Å². The van der Waals surface area contributed by atoms with Crippen LogP contribution in [0, 0.1) is 11.6 Å². The predicted molar refractivity (Wildman–Crippen MR) is 84.8 cm³/mol. The van der Waals surface area contributed by atoms with Crippen LogP contribution in [0.4, 0.5) is 8.78 Å². The molecule has 0 aliphatic rings. The summed E-state index contributed by atoms with van der Waals surface area (Å²) in [5.74, 6) is -0.450. The van der Waals surface area contributed by atoms with E-state index in [4.69, 9.17) is 0 Å². The lowest BCUT2D eigenvalue weighted by molar-refractivity contribution is 0.0982. The van der Waals surface area contributed by atoms with Gasteiger partial charge in [0.15, 0.2) is 5.78 Å². The van der Waals surface area contributed by atoms with Crippen LogP contribution in [0.1, 0.15) is 23.2 Å². The molecule has 0 N–H and O–H groups in total. The van der Waals surface area contributed by atoms with Crippen molar-refractivity contribution in [3.8, 4) is 0 Å². The van der Waals surface area contributed by atoms with Crippen molar-refractivity contribution < 1.29 is 13.6 Å². The zero-order valence-electron chi connectivity index (χ0n) is 11.1. The molecule has 21 heavy (non-hydrogen) atoms. The Morgan fingerprint density at radius 3 is 2.48 bits per heavy atom. The molecule has 0 amide bonds. The Kier molecular flexibility index (Phi) is 5.94. The summed E-state index contributed by atoms with van der Waals surface area (Å²) in [4.78, 5) is 12.3. The molecular formula is C16H13BrF2OS. The minimum absolute atomic E-state index is 0.0719. The van der Waals surface area contributed by atoms with Gasteiger partial charge >= 0.3 is 0 Å². The molecule has 2 aromatic rings. The van der Waals surface area contributed by atoms with E-state index in [0.717, 1.165) is 10.5 Å². The normalized spacial score (nSPS) is 10.6. The number of benzene rings is 2. The fourth-order valence-electron chi connectivity index (χ4n) is 1.79. The highest BCUT2D eigenvalue weighted by Crippen LogP contribution is 2.23. The van der Waals surface area contributed by atoms with E-state index >= 15 is 0 Å². The van der Waals surface area contributed by atoms with Crippen molar-refractivity contribution in [2.24, 2.45) is 0 Å². The molecule has 0 aromatic heterocycles. The molecule has 0 aliphatic carbocycles. The van der Waals surface area contributed by atoms with Crippen molar-refractivity contribution in [3.05, 3.63) is 64.1 Å². The highest BCUT2D eigenvalue weighted by atomic mass is 79.9. The van der Waals surface area contributed by atoms with Crippen molar-refractivity contribution in [2.75, 3.05) is 5.75 Å². The van der Waals surface area contributed by atoms with Crippen molar-refractivity contribution in [3.63, 3.8) is 0 Å². The Bertz CT molecular complexity index is 629. The van der Waals surface area contributed by atoms with Gasteiger partial charge in [0, 0.05) is 27.4 Å². The Hall–Kier alpha value is -1.20. The Balaban J connectivity index is 1.79. The number of thioether (sulfide) groups is 1. The van der Waals surface area contributed by atoms with Gasteiger partial charge in [0.2, 0.25) is 0 Å². The summed E-state index contributed by atoms with van der Waals surface area (Å²) < 4.78 is 27.1. The van der Waals surface area contributed by atoms with Crippen LogP contribution >= 0.6 is 27.7 Å². The van der Waals surface area contributed by atoms with Crippen molar-refractivity contribution in [1.82, 2.24) is 0 Å². The number of carbonyl (C=O) groups excluding carboxylic acids is 1. The van der Waals surface area contributed by atoms with E-state index < -0.39 is 11.6 Å². The van der Waals surface area contributed by atoms with E-state index in [1.807, 2.05) is 12.1 Å². The number of rotatable bonds is 6. The summed E-state index contributed by atoms with van der Waals surface area (Å²) >= 11 is 4.61. The summed E-state index contributed by atoms with van der Waals surface area (Å²) in [6, 6.07) is 10.7. The fraction of sp³-hybridized carbons (Fsp3) is 0.188. The average Bonchev–Trinajstić information content (AvgIpc) is 2.46. The minimum Gasteiger partial charge on any atom is -0.294 e. The molecule has 2 aromatic carbocycles. The molecule has 110 valence electrons. The number of ketones is 1. The van der Waals surface area contributed by atoms with Crippen LogP contribution in [0.2, 0.25) is 0 Å². The van der Waals surface area contributed by atoms with Gasteiger partial charge in [0.1, 0.15) is 11.6 Å². The van der Waals surface area contributed by atoms with E-state index in [2.05, 4.69) is 15.9 Å². The van der Waals surface area contributed by atoms with Crippen molar-refractivity contribution in [2.45, 2.75) is 17.7 Å². The monoisotopic (exact) mass is 370 g/mol. The van der Waals surface area contributed by atoms with Crippen LogP contribution in [0.3, 0.4) is 0 Å². The number of hydrogen-bond donors (Lipinski definition) is 0. The van der Waals surface area contributed by atoms with Crippen LogP contribution in [-0.2, 0) is 0 Å². The summed E-state index contributed by atoms with van der Waals surface area (Å²) in [5, 5.41) is 0. The molecule has 1 nitrogen and oxygen atoms in total. The van der Waals surface area contributed by atoms with Gasteiger partial charge in [-0.25, -0.2) is 8.78 Å². The topological polar surface area (TPSA) is 17.1 Å². The first-order chi connectivity index (χ1) is 10.1. The minimum atomic E-state index is -0.581. The molecule has 0 heterocycles. The lowest BCUT2D eigenvalue weighted by Crippen LogP contribution is -1.99. The first-order valence-electron chi connectivity index (χ1n) is 6.43. The van der Waals surface area contributed by atoms with E-state index in [1.165, 1.54) is 23.9 Å². The zero-order valence-corrected chi connectivity index (χ0v) is 13.5. The molecule has 0 aliphatic heterocycles. The van der Waals surface area contributed by atoms with Crippen LogP contribution in [0.25, 0.3) is 0 Å². The molecule has 0 saturated heterocycles. The average molecular weight is 371 g/mol. The van der Waals surface area contributed by atoms with E-state index in [0.29, 0.717) is 29.1 Å². The molecule has 0 radical (unpaired) electrons. The molecular weight excluding hydrogens is 358 g/mol.